The van der Waals surface area contributed by atoms with Crippen molar-refractivity contribution < 1.29 is 8.81 Å². The highest BCUT2D eigenvalue weighted by atomic mass is 19.1. The first kappa shape index (κ1) is 9.54. The molecule has 2 aromatic rings. The molecule has 2 heterocycles. The van der Waals surface area contributed by atoms with Gasteiger partial charge >= 0.3 is 0 Å². The standard InChI is InChI=1S/C12H11FN2O/c13-10-3-1-8(2-4-10)11-7-15-12(16-11)9-5-14-6-9/h1-4,7,9,14H,5-6H2. The van der Waals surface area contributed by atoms with Gasteiger partial charge in [0.05, 0.1) is 12.1 Å². The molecule has 1 aliphatic heterocycles. The first-order valence-corrected chi connectivity index (χ1v) is 5.25. The van der Waals surface area contributed by atoms with Gasteiger partial charge in [0.25, 0.3) is 0 Å². The number of nitrogens with one attached hydrogen (secondary N) is 1. The molecule has 0 spiro atoms. The van der Waals surface area contributed by atoms with Crippen molar-refractivity contribution in [3.05, 3.63) is 42.2 Å². The Morgan fingerprint density at radius 1 is 1.25 bits per heavy atom. The van der Waals surface area contributed by atoms with Gasteiger partial charge in [-0.1, -0.05) is 0 Å². The third-order valence-electron chi connectivity index (χ3n) is 2.78. The molecule has 1 aromatic carbocycles. The van der Waals surface area contributed by atoms with Gasteiger partial charge in [0, 0.05) is 18.7 Å². The van der Waals surface area contributed by atoms with Gasteiger partial charge in [0.2, 0.25) is 5.89 Å². The van der Waals surface area contributed by atoms with Crippen LogP contribution in [0.1, 0.15) is 11.8 Å². The number of aromatic nitrogens is 1. The van der Waals surface area contributed by atoms with Crippen molar-refractivity contribution in [3.8, 4) is 11.3 Å². The molecule has 82 valence electrons. The Morgan fingerprint density at radius 3 is 2.62 bits per heavy atom. The summed E-state index contributed by atoms with van der Waals surface area (Å²) in [6, 6.07) is 6.22. The van der Waals surface area contributed by atoms with Gasteiger partial charge in [-0.3, -0.25) is 0 Å². The lowest BCUT2D eigenvalue weighted by Crippen LogP contribution is -2.40. The van der Waals surface area contributed by atoms with Gasteiger partial charge in [-0.15, -0.1) is 0 Å². The van der Waals surface area contributed by atoms with Crippen molar-refractivity contribution in [1.82, 2.24) is 10.3 Å². The van der Waals surface area contributed by atoms with Crippen LogP contribution in [0.25, 0.3) is 11.3 Å². The van der Waals surface area contributed by atoms with E-state index in [2.05, 4.69) is 10.3 Å². The van der Waals surface area contributed by atoms with Crippen LogP contribution in [-0.2, 0) is 0 Å². The summed E-state index contributed by atoms with van der Waals surface area (Å²) >= 11 is 0. The lowest BCUT2D eigenvalue weighted by Gasteiger charge is -2.23. The summed E-state index contributed by atoms with van der Waals surface area (Å²) in [6.07, 6.45) is 1.70. The maximum absolute atomic E-state index is 12.7. The second kappa shape index (κ2) is 3.72. The average Bonchev–Trinajstić information content (AvgIpc) is 2.65. The van der Waals surface area contributed by atoms with Gasteiger partial charge in [-0.2, -0.15) is 0 Å². The summed E-state index contributed by atoms with van der Waals surface area (Å²) in [6.45, 7) is 1.84. The SMILES string of the molecule is Fc1ccc(-c2cnc(C3CNC3)o2)cc1. The van der Waals surface area contributed by atoms with Crippen molar-refractivity contribution in [3.63, 3.8) is 0 Å². The van der Waals surface area contributed by atoms with Crippen LogP contribution in [0.4, 0.5) is 4.39 Å². The highest BCUT2D eigenvalue weighted by Crippen LogP contribution is 2.25. The molecule has 0 atom stereocenters. The molecule has 1 aromatic heterocycles. The molecule has 0 saturated carbocycles. The zero-order valence-corrected chi connectivity index (χ0v) is 8.61. The molecular formula is C12H11FN2O. The van der Waals surface area contributed by atoms with Crippen LogP contribution in [0.3, 0.4) is 0 Å². The molecule has 1 N–H and O–H groups in total. The molecule has 1 fully saturated rings. The number of halogens is 1. The first-order chi connectivity index (χ1) is 7.83. The number of benzene rings is 1. The van der Waals surface area contributed by atoms with Gasteiger partial charge in [-0.25, -0.2) is 9.37 Å². The Kier molecular flexibility index (Phi) is 2.22. The molecule has 0 aliphatic carbocycles. The van der Waals surface area contributed by atoms with E-state index < -0.39 is 0 Å². The quantitative estimate of drug-likeness (QED) is 0.839. The van der Waals surface area contributed by atoms with Crippen molar-refractivity contribution in [2.45, 2.75) is 5.92 Å². The summed E-state index contributed by atoms with van der Waals surface area (Å²) in [5, 5.41) is 3.17. The fourth-order valence-electron chi connectivity index (χ4n) is 1.69. The summed E-state index contributed by atoms with van der Waals surface area (Å²) < 4.78 is 18.4. The van der Waals surface area contributed by atoms with Crippen LogP contribution in [0.2, 0.25) is 0 Å². The number of hydrogen-bond donors (Lipinski definition) is 1. The van der Waals surface area contributed by atoms with Crippen LogP contribution < -0.4 is 5.32 Å². The van der Waals surface area contributed by atoms with Gasteiger partial charge in [0.1, 0.15) is 5.82 Å². The molecular weight excluding hydrogens is 207 g/mol. The lowest BCUT2D eigenvalue weighted by atomic mass is 10.0. The predicted molar refractivity (Wildman–Crippen MR) is 57.5 cm³/mol. The maximum Gasteiger partial charge on any atom is 0.200 e. The van der Waals surface area contributed by atoms with E-state index in [9.17, 15) is 4.39 Å². The molecule has 0 radical (unpaired) electrons. The lowest BCUT2D eigenvalue weighted by molar-refractivity contribution is 0.361. The Hall–Kier alpha value is -1.68. The summed E-state index contributed by atoms with van der Waals surface area (Å²) in [7, 11) is 0. The summed E-state index contributed by atoms with van der Waals surface area (Å²) in [5.41, 5.74) is 0.854. The van der Waals surface area contributed by atoms with Crippen LogP contribution in [0.15, 0.2) is 34.9 Å². The largest absolute Gasteiger partial charge is 0.440 e. The van der Waals surface area contributed by atoms with Crippen LogP contribution >= 0.6 is 0 Å². The molecule has 3 nitrogen and oxygen atoms in total. The van der Waals surface area contributed by atoms with Crippen molar-refractivity contribution in [1.29, 1.82) is 0 Å². The van der Waals surface area contributed by atoms with E-state index >= 15 is 0 Å². The zero-order valence-electron chi connectivity index (χ0n) is 8.61. The van der Waals surface area contributed by atoms with E-state index in [-0.39, 0.29) is 5.82 Å². The zero-order chi connectivity index (χ0) is 11.0. The van der Waals surface area contributed by atoms with E-state index in [4.69, 9.17) is 4.42 Å². The second-order valence-corrected chi connectivity index (χ2v) is 3.92. The fourth-order valence-corrected chi connectivity index (χ4v) is 1.69. The minimum atomic E-state index is -0.244. The van der Waals surface area contributed by atoms with Gasteiger partial charge in [-0.05, 0) is 24.3 Å². The predicted octanol–water partition coefficient (Wildman–Crippen LogP) is 2.17. The Morgan fingerprint density at radius 2 is 2.00 bits per heavy atom. The summed E-state index contributed by atoms with van der Waals surface area (Å²) in [5.74, 6) is 1.60. The van der Waals surface area contributed by atoms with Crippen LogP contribution in [0, 0.1) is 5.82 Å². The van der Waals surface area contributed by atoms with Gasteiger partial charge < -0.3 is 9.73 Å². The van der Waals surface area contributed by atoms with E-state index in [1.165, 1.54) is 12.1 Å². The minimum absolute atomic E-state index is 0.244. The number of oxazole rings is 1. The third-order valence-corrected chi connectivity index (χ3v) is 2.78. The number of rotatable bonds is 2. The molecule has 0 bridgehead atoms. The number of hydrogen-bond acceptors (Lipinski definition) is 3. The van der Waals surface area contributed by atoms with Crippen LogP contribution in [-0.4, -0.2) is 18.1 Å². The molecule has 0 amide bonds. The van der Waals surface area contributed by atoms with E-state index in [1.54, 1.807) is 18.3 Å². The molecule has 1 saturated heterocycles. The molecule has 0 unspecified atom stereocenters. The molecule has 16 heavy (non-hydrogen) atoms. The first-order valence-electron chi connectivity index (χ1n) is 5.25. The number of nitrogens with zero attached hydrogens (tertiary/aromatic N) is 1. The summed E-state index contributed by atoms with van der Waals surface area (Å²) in [4.78, 5) is 4.24. The third kappa shape index (κ3) is 1.61. The van der Waals surface area contributed by atoms with E-state index in [1.807, 2.05) is 0 Å². The van der Waals surface area contributed by atoms with Crippen molar-refractivity contribution in [2.75, 3.05) is 13.1 Å². The molecule has 3 rings (SSSR count). The smallest absolute Gasteiger partial charge is 0.200 e. The van der Waals surface area contributed by atoms with Crippen LogP contribution in [0.5, 0.6) is 0 Å². The van der Waals surface area contributed by atoms with E-state index in [0.29, 0.717) is 11.7 Å². The van der Waals surface area contributed by atoms with Gasteiger partial charge in [0.15, 0.2) is 5.76 Å². The van der Waals surface area contributed by atoms with Crippen molar-refractivity contribution >= 4 is 0 Å². The topological polar surface area (TPSA) is 38.1 Å². The Bertz CT molecular complexity index is 488. The van der Waals surface area contributed by atoms with Crippen molar-refractivity contribution in [2.24, 2.45) is 0 Å². The van der Waals surface area contributed by atoms with E-state index in [0.717, 1.165) is 24.5 Å². The highest BCUT2D eigenvalue weighted by Gasteiger charge is 2.23. The normalized spacial score (nSPS) is 16.1. The fraction of sp³-hybridized carbons (Fsp3) is 0.250. The highest BCUT2D eigenvalue weighted by molar-refractivity contribution is 5.56. The molecule has 1 aliphatic rings. The Balaban J connectivity index is 1.88. The Labute approximate surface area is 92.3 Å². The molecule has 4 heteroatoms. The maximum atomic E-state index is 12.7. The second-order valence-electron chi connectivity index (χ2n) is 3.92. The average molecular weight is 218 g/mol. The monoisotopic (exact) mass is 218 g/mol. The minimum Gasteiger partial charge on any atom is -0.440 e.